The highest BCUT2D eigenvalue weighted by Gasteiger charge is 2.19. The van der Waals surface area contributed by atoms with Gasteiger partial charge in [0.1, 0.15) is 25.0 Å². The van der Waals surface area contributed by atoms with Crippen molar-refractivity contribution in [3.05, 3.63) is 91.9 Å². The molecule has 0 saturated carbocycles. The number of halogens is 2. The number of rotatable bonds is 4. The van der Waals surface area contributed by atoms with Crippen LogP contribution in [-0.2, 0) is 26.2 Å². The molecule has 0 N–H and O–H groups in total. The molecular formula is C24H22Br2N2O2. The van der Waals surface area contributed by atoms with Gasteiger partial charge in [-0.1, -0.05) is 56.1 Å². The second-order valence-electron chi connectivity index (χ2n) is 7.84. The largest absolute Gasteiger partial charge is 0.478 e. The van der Waals surface area contributed by atoms with E-state index in [-0.39, 0.29) is 0 Å². The van der Waals surface area contributed by atoms with Crippen molar-refractivity contribution in [3.8, 4) is 11.5 Å². The lowest BCUT2D eigenvalue weighted by molar-refractivity contribution is 0.0878. The molecule has 2 heterocycles. The van der Waals surface area contributed by atoms with Crippen LogP contribution >= 0.6 is 31.9 Å². The van der Waals surface area contributed by atoms with Gasteiger partial charge >= 0.3 is 0 Å². The number of hydrogen-bond acceptors (Lipinski definition) is 4. The summed E-state index contributed by atoms with van der Waals surface area (Å²) in [4.78, 5) is 4.63. The molecule has 0 radical (unpaired) electrons. The molecule has 0 saturated heterocycles. The van der Waals surface area contributed by atoms with Crippen molar-refractivity contribution < 1.29 is 9.47 Å². The molecule has 0 aromatic heterocycles. The van der Waals surface area contributed by atoms with Crippen LogP contribution in [-0.4, -0.2) is 23.3 Å². The van der Waals surface area contributed by atoms with Gasteiger partial charge in [-0.3, -0.25) is 9.80 Å². The van der Waals surface area contributed by atoms with Gasteiger partial charge in [0.15, 0.2) is 0 Å². The maximum atomic E-state index is 5.91. The fourth-order valence-electron chi connectivity index (χ4n) is 3.99. The summed E-state index contributed by atoms with van der Waals surface area (Å²) in [6, 6.07) is 21.3. The fourth-order valence-corrected chi connectivity index (χ4v) is 4.81. The van der Waals surface area contributed by atoms with E-state index in [0.29, 0.717) is 13.5 Å². The molecule has 6 heteroatoms. The molecule has 0 spiro atoms. The number of nitrogens with zero attached hydrogens (tertiary/aromatic N) is 2. The smallest absolute Gasteiger partial charge is 0.142 e. The summed E-state index contributed by atoms with van der Waals surface area (Å²) < 4.78 is 14.0. The van der Waals surface area contributed by atoms with Gasteiger partial charge in [-0.2, -0.15) is 0 Å². The number of benzene rings is 3. The first kappa shape index (κ1) is 20.1. The molecule has 5 rings (SSSR count). The van der Waals surface area contributed by atoms with Crippen LogP contribution in [0, 0.1) is 0 Å². The number of hydrogen-bond donors (Lipinski definition) is 0. The quantitative estimate of drug-likeness (QED) is 0.419. The van der Waals surface area contributed by atoms with Gasteiger partial charge in [-0.25, -0.2) is 0 Å². The second kappa shape index (κ2) is 8.71. The predicted octanol–water partition coefficient (Wildman–Crippen LogP) is 5.92. The summed E-state index contributed by atoms with van der Waals surface area (Å²) in [5.74, 6) is 1.98. The average Bonchev–Trinajstić information content (AvgIpc) is 2.74. The van der Waals surface area contributed by atoms with Crippen LogP contribution in [0.25, 0.3) is 0 Å². The van der Waals surface area contributed by atoms with Crippen molar-refractivity contribution in [2.45, 2.75) is 26.2 Å². The van der Waals surface area contributed by atoms with E-state index in [0.717, 1.165) is 46.6 Å². The minimum absolute atomic E-state index is 0.621. The topological polar surface area (TPSA) is 24.9 Å². The van der Waals surface area contributed by atoms with E-state index in [1.54, 1.807) is 0 Å². The van der Waals surface area contributed by atoms with Crippen LogP contribution in [0.15, 0.2) is 69.6 Å². The monoisotopic (exact) mass is 528 g/mol. The minimum Gasteiger partial charge on any atom is -0.478 e. The Kier molecular flexibility index (Phi) is 5.83. The standard InChI is InChI=1S/C24H22Br2N2O2/c25-21-5-7-23-19(9-21)13-27(15-29-23)11-17-1-2-18(4-3-17)12-28-14-20-10-22(26)6-8-24(20)30-16-28/h1-10H,11-16H2. The molecule has 3 aromatic carbocycles. The Morgan fingerprint density at radius 3 is 1.50 bits per heavy atom. The summed E-state index contributed by atoms with van der Waals surface area (Å²) in [5.41, 5.74) is 5.04. The lowest BCUT2D eigenvalue weighted by Gasteiger charge is -2.30. The molecule has 3 aromatic rings. The lowest BCUT2D eigenvalue weighted by atomic mass is 10.1. The summed E-state index contributed by atoms with van der Waals surface area (Å²) in [6.45, 7) is 4.79. The van der Waals surface area contributed by atoms with Gasteiger partial charge in [0.2, 0.25) is 0 Å². The minimum atomic E-state index is 0.621. The SMILES string of the molecule is Brc1ccc2c(c1)CN(Cc1ccc(CN3COc4ccc(Br)cc4C3)cc1)CO2. The van der Waals surface area contributed by atoms with Gasteiger partial charge in [0.05, 0.1) is 0 Å². The third kappa shape index (κ3) is 4.57. The molecule has 30 heavy (non-hydrogen) atoms. The van der Waals surface area contributed by atoms with Crippen molar-refractivity contribution in [1.82, 2.24) is 9.80 Å². The molecule has 0 bridgehead atoms. The third-order valence-corrected chi connectivity index (χ3v) is 6.46. The van der Waals surface area contributed by atoms with E-state index in [1.807, 2.05) is 24.3 Å². The van der Waals surface area contributed by atoms with Gasteiger partial charge < -0.3 is 9.47 Å². The molecule has 2 aliphatic rings. The second-order valence-corrected chi connectivity index (χ2v) is 9.67. The maximum Gasteiger partial charge on any atom is 0.142 e. The van der Waals surface area contributed by atoms with Crippen LogP contribution < -0.4 is 9.47 Å². The van der Waals surface area contributed by atoms with Crippen molar-refractivity contribution in [1.29, 1.82) is 0 Å². The summed E-state index contributed by atoms with van der Waals surface area (Å²) in [5, 5.41) is 0. The number of fused-ring (bicyclic) bond motifs is 2. The Morgan fingerprint density at radius 2 is 1.07 bits per heavy atom. The van der Waals surface area contributed by atoms with Gasteiger partial charge in [0, 0.05) is 46.3 Å². The van der Waals surface area contributed by atoms with Crippen molar-refractivity contribution in [2.75, 3.05) is 13.5 Å². The van der Waals surface area contributed by atoms with Crippen molar-refractivity contribution in [2.24, 2.45) is 0 Å². The van der Waals surface area contributed by atoms with Crippen molar-refractivity contribution >= 4 is 31.9 Å². The van der Waals surface area contributed by atoms with Crippen molar-refractivity contribution in [3.63, 3.8) is 0 Å². The summed E-state index contributed by atoms with van der Waals surface area (Å²) in [7, 11) is 0. The van der Waals surface area contributed by atoms with Crippen LogP contribution in [0.2, 0.25) is 0 Å². The summed E-state index contributed by atoms with van der Waals surface area (Å²) in [6.07, 6.45) is 0. The third-order valence-electron chi connectivity index (χ3n) is 5.47. The van der Waals surface area contributed by atoms with E-state index >= 15 is 0 Å². The maximum absolute atomic E-state index is 5.91. The average molecular weight is 530 g/mol. The van der Waals surface area contributed by atoms with Crippen LogP contribution in [0.5, 0.6) is 11.5 Å². The highest BCUT2D eigenvalue weighted by atomic mass is 79.9. The highest BCUT2D eigenvalue weighted by molar-refractivity contribution is 9.10. The van der Waals surface area contributed by atoms with Crippen LogP contribution in [0.4, 0.5) is 0 Å². The van der Waals surface area contributed by atoms with Crippen LogP contribution in [0.3, 0.4) is 0 Å². The first-order chi connectivity index (χ1) is 14.6. The first-order valence-electron chi connectivity index (χ1n) is 9.97. The molecule has 4 nitrogen and oxygen atoms in total. The summed E-state index contributed by atoms with van der Waals surface area (Å²) >= 11 is 7.10. The molecule has 0 amide bonds. The van der Waals surface area contributed by atoms with Gasteiger partial charge in [0.25, 0.3) is 0 Å². The van der Waals surface area contributed by atoms with E-state index < -0.39 is 0 Å². The molecule has 154 valence electrons. The van der Waals surface area contributed by atoms with E-state index in [1.165, 1.54) is 22.3 Å². The first-order valence-corrected chi connectivity index (χ1v) is 11.6. The molecule has 2 aliphatic heterocycles. The lowest BCUT2D eigenvalue weighted by Crippen LogP contribution is -2.32. The molecule has 0 unspecified atom stereocenters. The van der Waals surface area contributed by atoms with Gasteiger partial charge in [-0.15, -0.1) is 0 Å². The molecular weight excluding hydrogens is 508 g/mol. The Labute approximate surface area is 193 Å². The zero-order valence-electron chi connectivity index (χ0n) is 16.5. The normalized spacial score (nSPS) is 16.3. The van der Waals surface area contributed by atoms with Gasteiger partial charge in [-0.05, 0) is 47.5 Å². The predicted molar refractivity (Wildman–Crippen MR) is 124 cm³/mol. The molecule has 0 fully saturated rings. The van der Waals surface area contributed by atoms with Crippen LogP contribution in [0.1, 0.15) is 22.3 Å². The molecule has 0 aliphatic carbocycles. The molecule has 0 atom stereocenters. The number of ether oxygens (including phenoxy) is 2. The Morgan fingerprint density at radius 1 is 0.633 bits per heavy atom. The Bertz CT molecular complexity index is 971. The van der Waals surface area contributed by atoms with E-state index in [9.17, 15) is 0 Å². The zero-order chi connectivity index (χ0) is 20.5. The highest BCUT2D eigenvalue weighted by Crippen LogP contribution is 2.30. The van der Waals surface area contributed by atoms with E-state index in [2.05, 4.69) is 78.1 Å². The Hall–Kier alpha value is -1.86. The zero-order valence-corrected chi connectivity index (χ0v) is 19.7. The Balaban J connectivity index is 1.19. The van der Waals surface area contributed by atoms with E-state index in [4.69, 9.17) is 9.47 Å². The fraction of sp³-hybridized carbons (Fsp3) is 0.250.